The fourth-order valence-corrected chi connectivity index (χ4v) is 4.26. The molecule has 0 saturated carbocycles. The van der Waals surface area contributed by atoms with Gasteiger partial charge in [0.2, 0.25) is 5.91 Å². The Kier molecular flexibility index (Phi) is 4.71. The second-order valence-electron chi connectivity index (χ2n) is 8.70. The fourth-order valence-electron chi connectivity index (χ4n) is 4.26. The molecule has 3 heterocycles. The third-order valence-corrected chi connectivity index (χ3v) is 6.15. The van der Waals surface area contributed by atoms with Crippen LogP contribution in [0.4, 0.5) is 4.79 Å². The number of urea groups is 1. The summed E-state index contributed by atoms with van der Waals surface area (Å²) < 4.78 is 6.26. The standard InChI is InChI=1S/C21H26N4O5/c1-13(25-18(28)20(2,3)23-19(25)29)17(27)24-10-8-21(9-11-24)12-22-16(26)14-6-4-5-7-15(14)30-21/h4-7,13H,8-12H2,1-3H3,(H,22,26)(H,23,29). The highest BCUT2D eigenvalue weighted by Crippen LogP contribution is 2.33. The number of piperidine rings is 1. The minimum Gasteiger partial charge on any atom is -0.484 e. The minimum absolute atomic E-state index is 0.171. The zero-order valence-electron chi connectivity index (χ0n) is 17.4. The number of benzene rings is 1. The quantitative estimate of drug-likeness (QED) is 0.699. The number of para-hydroxylation sites is 1. The van der Waals surface area contributed by atoms with Gasteiger partial charge < -0.3 is 20.3 Å². The Bertz CT molecular complexity index is 920. The van der Waals surface area contributed by atoms with E-state index in [0.29, 0.717) is 43.8 Å². The van der Waals surface area contributed by atoms with E-state index in [1.54, 1.807) is 43.9 Å². The third kappa shape index (κ3) is 3.28. The van der Waals surface area contributed by atoms with Gasteiger partial charge in [0.15, 0.2) is 0 Å². The van der Waals surface area contributed by atoms with Crippen LogP contribution in [0.5, 0.6) is 5.75 Å². The van der Waals surface area contributed by atoms with Gasteiger partial charge in [0, 0.05) is 25.9 Å². The summed E-state index contributed by atoms with van der Waals surface area (Å²) >= 11 is 0. The number of nitrogens with zero attached hydrogens (tertiary/aromatic N) is 2. The van der Waals surface area contributed by atoms with E-state index in [1.807, 2.05) is 6.07 Å². The molecule has 4 rings (SSSR count). The maximum Gasteiger partial charge on any atom is 0.325 e. The van der Waals surface area contributed by atoms with Crippen LogP contribution in [-0.2, 0) is 9.59 Å². The maximum atomic E-state index is 13.0. The molecular formula is C21H26N4O5. The summed E-state index contributed by atoms with van der Waals surface area (Å²) in [6.07, 6.45) is 1.07. The van der Waals surface area contributed by atoms with Crippen LogP contribution in [0.3, 0.4) is 0 Å². The van der Waals surface area contributed by atoms with Crippen molar-refractivity contribution in [1.82, 2.24) is 20.4 Å². The zero-order valence-corrected chi connectivity index (χ0v) is 17.4. The zero-order chi connectivity index (χ0) is 21.7. The maximum absolute atomic E-state index is 13.0. The molecule has 2 N–H and O–H groups in total. The monoisotopic (exact) mass is 414 g/mol. The van der Waals surface area contributed by atoms with Crippen molar-refractivity contribution in [2.75, 3.05) is 19.6 Å². The van der Waals surface area contributed by atoms with Crippen LogP contribution in [0.1, 0.15) is 44.0 Å². The van der Waals surface area contributed by atoms with Crippen molar-refractivity contribution in [2.45, 2.75) is 50.8 Å². The SMILES string of the molecule is CC(C(=O)N1CCC2(CC1)CNC(=O)c1ccccc1O2)N1C(=O)NC(C)(C)C1=O. The lowest BCUT2D eigenvalue weighted by molar-refractivity contribution is -0.144. The molecule has 9 heteroatoms. The van der Waals surface area contributed by atoms with E-state index in [4.69, 9.17) is 4.74 Å². The number of rotatable bonds is 2. The first-order chi connectivity index (χ1) is 14.1. The molecule has 30 heavy (non-hydrogen) atoms. The van der Waals surface area contributed by atoms with Gasteiger partial charge in [-0.05, 0) is 32.9 Å². The number of imide groups is 1. The average molecular weight is 414 g/mol. The van der Waals surface area contributed by atoms with Crippen molar-refractivity contribution in [2.24, 2.45) is 0 Å². The first-order valence-electron chi connectivity index (χ1n) is 10.1. The Morgan fingerprint density at radius 3 is 2.43 bits per heavy atom. The molecule has 2 fully saturated rings. The average Bonchev–Trinajstić information content (AvgIpc) is 2.83. The largest absolute Gasteiger partial charge is 0.484 e. The molecule has 9 nitrogen and oxygen atoms in total. The van der Waals surface area contributed by atoms with Gasteiger partial charge in [-0.15, -0.1) is 0 Å². The van der Waals surface area contributed by atoms with E-state index >= 15 is 0 Å². The number of fused-ring (bicyclic) bond motifs is 1. The molecular weight excluding hydrogens is 388 g/mol. The molecule has 1 aromatic carbocycles. The minimum atomic E-state index is -1.02. The van der Waals surface area contributed by atoms with E-state index in [-0.39, 0.29) is 11.8 Å². The van der Waals surface area contributed by atoms with Crippen LogP contribution in [0.25, 0.3) is 0 Å². The van der Waals surface area contributed by atoms with Crippen LogP contribution in [0.2, 0.25) is 0 Å². The van der Waals surface area contributed by atoms with Crippen molar-refractivity contribution in [1.29, 1.82) is 0 Å². The Labute approximate surface area is 174 Å². The molecule has 5 amide bonds. The van der Waals surface area contributed by atoms with E-state index in [1.165, 1.54) is 0 Å². The fraction of sp³-hybridized carbons (Fsp3) is 0.524. The van der Waals surface area contributed by atoms with Gasteiger partial charge >= 0.3 is 6.03 Å². The molecule has 2 saturated heterocycles. The summed E-state index contributed by atoms with van der Waals surface area (Å²) in [6.45, 7) is 5.99. The van der Waals surface area contributed by atoms with Crippen molar-refractivity contribution in [3.05, 3.63) is 29.8 Å². The van der Waals surface area contributed by atoms with Gasteiger partial charge in [-0.2, -0.15) is 0 Å². The normalized spacial score (nSPS) is 23.2. The summed E-state index contributed by atoms with van der Waals surface area (Å²) in [5.74, 6) is -0.310. The Morgan fingerprint density at radius 1 is 1.13 bits per heavy atom. The van der Waals surface area contributed by atoms with Crippen LogP contribution >= 0.6 is 0 Å². The number of amides is 5. The lowest BCUT2D eigenvalue weighted by atomic mass is 9.90. The Balaban J connectivity index is 1.45. The highest BCUT2D eigenvalue weighted by Gasteiger charge is 2.49. The Hall–Kier alpha value is -3.10. The predicted molar refractivity (Wildman–Crippen MR) is 107 cm³/mol. The number of carbonyl (C=O) groups excluding carboxylic acids is 4. The van der Waals surface area contributed by atoms with Gasteiger partial charge in [-0.3, -0.25) is 14.4 Å². The molecule has 0 aliphatic carbocycles. The van der Waals surface area contributed by atoms with Crippen molar-refractivity contribution >= 4 is 23.8 Å². The highest BCUT2D eigenvalue weighted by molar-refractivity contribution is 6.09. The van der Waals surface area contributed by atoms with E-state index in [9.17, 15) is 19.2 Å². The van der Waals surface area contributed by atoms with Crippen LogP contribution in [0, 0.1) is 0 Å². The lowest BCUT2D eigenvalue weighted by Gasteiger charge is -2.42. The number of carbonyl (C=O) groups is 4. The van der Waals surface area contributed by atoms with E-state index < -0.39 is 29.1 Å². The first-order valence-corrected chi connectivity index (χ1v) is 10.1. The summed E-state index contributed by atoms with van der Waals surface area (Å²) in [5, 5.41) is 5.53. The Morgan fingerprint density at radius 2 is 1.80 bits per heavy atom. The van der Waals surface area contributed by atoms with E-state index in [2.05, 4.69) is 10.6 Å². The van der Waals surface area contributed by atoms with E-state index in [0.717, 1.165) is 4.90 Å². The topological polar surface area (TPSA) is 108 Å². The lowest BCUT2D eigenvalue weighted by Crippen LogP contribution is -2.57. The van der Waals surface area contributed by atoms with Gasteiger partial charge in [0.05, 0.1) is 12.1 Å². The third-order valence-electron chi connectivity index (χ3n) is 6.15. The van der Waals surface area contributed by atoms with Gasteiger partial charge in [0.1, 0.15) is 22.9 Å². The summed E-state index contributed by atoms with van der Waals surface area (Å²) in [7, 11) is 0. The molecule has 160 valence electrons. The first kappa shape index (κ1) is 20.2. The number of hydrogen-bond acceptors (Lipinski definition) is 5. The second-order valence-corrected chi connectivity index (χ2v) is 8.70. The van der Waals surface area contributed by atoms with Crippen molar-refractivity contribution < 1.29 is 23.9 Å². The van der Waals surface area contributed by atoms with Gasteiger partial charge in [-0.25, -0.2) is 9.69 Å². The molecule has 3 aliphatic heterocycles. The second kappa shape index (κ2) is 7.00. The molecule has 0 bridgehead atoms. The molecule has 1 atom stereocenters. The summed E-state index contributed by atoms with van der Waals surface area (Å²) in [4.78, 5) is 52.7. The number of hydrogen-bond donors (Lipinski definition) is 2. The predicted octanol–water partition coefficient (Wildman–Crippen LogP) is 0.889. The van der Waals surface area contributed by atoms with Crippen LogP contribution < -0.4 is 15.4 Å². The molecule has 0 radical (unpaired) electrons. The van der Waals surface area contributed by atoms with Gasteiger partial charge in [-0.1, -0.05) is 12.1 Å². The number of nitrogens with one attached hydrogen (secondary N) is 2. The van der Waals surface area contributed by atoms with Crippen LogP contribution in [0.15, 0.2) is 24.3 Å². The van der Waals surface area contributed by atoms with Gasteiger partial charge in [0.25, 0.3) is 11.8 Å². The number of likely N-dealkylation sites (tertiary alicyclic amines) is 1. The molecule has 0 aromatic heterocycles. The van der Waals surface area contributed by atoms with Crippen molar-refractivity contribution in [3.63, 3.8) is 0 Å². The smallest absolute Gasteiger partial charge is 0.325 e. The highest BCUT2D eigenvalue weighted by atomic mass is 16.5. The molecule has 1 unspecified atom stereocenters. The summed E-state index contributed by atoms with van der Waals surface area (Å²) in [6, 6.07) is 5.68. The van der Waals surface area contributed by atoms with Crippen LogP contribution in [-0.4, -0.2) is 70.4 Å². The molecule has 3 aliphatic rings. The summed E-state index contributed by atoms with van der Waals surface area (Å²) in [5.41, 5.74) is -1.11. The van der Waals surface area contributed by atoms with Crippen molar-refractivity contribution in [3.8, 4) is 5.75 Å². The number of ether oxygens (including phenoxy) is 1. The molecule has 1 aromatic rings. The molecule has 1 spiro atoms.